The fourth-order valence-electron chi connectivity index (χ4n) is 1.19. The summed E-state index contributed by atoms with van der Waals surface area (Å²) in [7, 11) is 1.22. The lowest BCUT2D eigenvalue weighted by Crippen LogP contribution is -2.45. The van der Waals surface area contributed by atoms with Crippen molar-refractivity contribution in [3.8, 4) is 6.07 Å². The van der Waals surface area contributed by atoms with Crippen molar-refractivity contribution in [2.24, 2.45) is 5.92 Å². The highest BCUT2D eigenvalue weighted by molar-refractivity contribution is 5.23. The Morgan fingerprint density at radius 1 is 1.69 bits per heavy atom. The molecule has 13 heavy (non-hydrogen) atoms. The summed E-state index contributed by atoms with van der Waals surface area (Å²) in [4.78, 5) is 10.1. The molecule has 2 atom stereocenters. The van der Waals surface area contributed by atoms with Gasteiger partial charge in [-0.05, 0) is 0 Å². The normalized spacial score (nSPS) is 31.2. The molecular formula is C8H8N2O3. The van der Waals surface area contributed by atoms with E-state index in [9.17, 15) is 10.1 Å². The van der Waals surface area contributed by atoms with E-state index in [0.29, 0.717) is 0 Å². The predicted molar refractivity (Wildman–Crippen MR) is 44.1 cm³/mol. The van der Waals surface area contributed by atoms with E-state index in [1.165, 1.54) is 25.3 Å². The molecule has 0 aromatic carbocycles. The molecule has 68 valence electrons. The van der Waals surface area contributed by atoms with Crippen molar-refractivity contribution in [3.63, 3.8) is 0 Å². The number of hydrogen-bond donors (Lipinski definition) is 0. The van der Waals surface area contributed by atoms with Crippen LogP contribution in [0.1, 0.15) is 0 Å². The second kappa shape index (κ2) is 3.37. The van der Waals surface area contributed by atoms with Crippen LogP contribution >= 0.6 is 0 Å². The molecule has 0 fully saturated rings. The number of nitro groups is 1. The molecule has 1 rings (SSSR count). The number of nitrogens with zero attached hydrogens (tertiary/aromatic N) is 2. The van der Waals surface area contributed by atoms with Crippen molar-refractivity contribution < 1.29 is 9.66 Å². The van der Waals surface area contributed by atoms with E-state index < -0.39 is 16.6 Å². The van der Waals surface area contributed by atoms with Crippen molar-refractivity contribution in [1.82, 2.24) is 0 Å². The fraction of sp³-hybridized carbons (Fsp3) is 0.375. The summed E-state index contributed by atoms with van der Waals surface area (Å²) in [5.74, 6) is -0.877. The van der Waals surface area contributed by atoms with Crippen molar-refractivity contribution >= 4 is 0 Å². The topological polar surface area (TPSA) is 76.2 Å². The van der Waals surface area contributed by atoms with E-state index in [1.54, 1.807) is 6.08 Å². The molecular weight excluding hydrogens is 172 g/mol. The zero-order valence-electron chi connectivity index (χ0n) is 7.01. The molecule has 0 aliphatic heterocycles. The second-order valence-corrected chi connectivity index (χ2v) is 2.56. The monoisotopic (exact) mass is 180 g/mol. The Balaban J connectivity index is 3.11. The molecule has 0 radical (unpaired) electrons. The summed E-state index contributed by atoms with van der Waals surface area (Å²) in [5.41, 5.74) is -1.72. The van der Waals surface area contributed by atoms with E-state index in [-0.39, 0.29) is 0 Å². The Kier molecular flexibility index (Phi) is 2.44. The predicted octanol–water partition coefficient (Wildman–Crippen LogP) is 0.872. The average Bonchev–Trinajstić information content (AvgIpc) is 2.17. The Labute approximate surface area is 75.1 Å². The lowest BCUT2D eigenvalue weighted by atomic mass is 9.93. The largest absolute Gasteiger partial charge is 0.363 e. The summed E-state index contributed by atoms with van der Waals surface area (Å²) in [6.07, 6.45) is 5.82. The van der Waals surface area contributed by atoms with Crippen molar-refractivity contribution in [1.29, 1.82) is 5.26 Å². The molecule has 1 aliphatic carbocycles. The third-order valence-corrected chi connectivity index (χ3v) is 1.95. The summed E-state index contributed by atoms with van der Waals surface area (Å²) in [6.45, 7) is 0. The van der Waals surface area contributed by atoms with Crippen LogP contribution in [0.3, 0.4) is 0 Å². The van der Waals surface area contributed by atoms with E-state index >= 15 is 0 Å². The Hall–Kier alpha value is -1.67. The van der Waals surface area contributed by atoms with Gasteiger partial charge in [0.25, 0.3) is 0 Å². The van der Waals surface area contributed by atoms with Crippen LogP contribution in [0.15, 0.2) is 24.3 Å². The third kappa shape index (κ3) is 1.32. The molecule has 0 amide bonds. The molecule has 0 saturated heterocycles. The molecule has 2 unspecified atom stereocenters. The van der Waals surface area contributed by atoms with Gasteiger partial charge in [0, 0.05) is 13.2 Å². The van der Waals surface area contributed by atoms with Gasteiger partial charge in [0.05, 0.1) is 11.0 Å². The van der Waals surface area contributed by atoms with Gasteiger partial charge < -0.3 is 4.74 Å². The van der Waals surface area contributed by atoms with E-state index in [0.717, 1.165) is 0 Å². The molecule has 0 N–H and O–H groups in total. The van der Waals surface area contributed by atoms with Crippen LogP contribution in [0.5, 0.6) is 0 Å². The first-order chi connectivity index (χ1) is 6.17. The minimum absolute atomic E-state index is 0.596. The van der Waals surface area contributed by atoms with Crippen molar-refractivity contribution in [2.45, 2.75) is 5.72 Å². The van der Waals surface area contributed by atoms with Gasteiger partial charge >= 0.3 is 5.72 Å². The molecule has 0 aromatic rings. The van der Waals surface area contributed by atoms with Gasteiger partial charge in [-0.1, -0.05) is 18.2 Å². The Morgan fingerprint density at radius 2 is 2.38 bits per heavy atom. The second-order valence-electron chi connectivity index (χ2n) is 2.56. The number of hydrogen-bond acceptors (Lipinski definition) is 4. The van der Waals surface area contributed by atoms with E-state index in [1.807, 2.05) is 6.07 Å². The zero-order valence-corrected chi connectivity index (χ0v) is 7.01. The van der Waals surface area contributed by atoms with Gasteiger partial charge in [-0.15, -0.1) is 0 Å². The van der Waals surface area contributed by atoms with Gasteiger partial charge in [0.2, 0.25) is 0 Å². The number of ether oxygens (including phenoxy) is 1. The first-order valence-corrected chi connectivity index (χ1v) is 3.62. The van der Waals surface area contributed by atoms with Crippen LogP contribution < -0.4 is 0 Å². The highest BCUT2D eigenvalue weighted by Crippen LogP contribution is 2.27. The van der Waals surface area contributed by atoms with Crippen LogP contribution in [-0.2, 0) is 4.74 Å². The van der Waals surface area contributed by atoms with Crippen LogP contribution in [-0.4, -0.2) is 17.8 Å². The average molecular weight is 180 g/mol. The van der Waals surface area contributed by atoms with Gasteiger partial charge in [-0.25, -0.2) is 0 Å². The van der Waals surface area contributed by atoms with Crippen LogP contribution in [0.4, 0.5) is 0 Å². The van der Waals surface area contributed by atoms with Crippen LogP contribution in [0, 0.1) is 27.4 Å². The molecule has 5 nitrogen and oxygen atoms in total. The summed E-state index contributed by atoms with van der Waals surface area (Å²) >= 11 is 0. The highest BCUT2D eigenvalue weighted by Gasteiger charge is 2.49. The molecule has 0 aromatic heterocycles. The van der Waals surface area contributed by atoms with Crippen molar-refractivity contribution in [3.05, 3.63) is 34.4 Å². The quantitative estimate of drug-likeness (QED) is 0.359. The lowest BCUT2D eigenvalue weighted by Gasteiger charge is -2.23. The zero-order chi connectivity index (χ0) is 9.90. The molecule has 0 bridgehead atoms. The summed E-state index contributed by atoms with van der Waals surface area (Å²) < 4.78 is 4.78. The molecule has 1 aliphatic rings. The van der Waals surface area contributed by atoms with E-state index in [4.69, 9.17) is 10.00 Å². The minimum Gasteiger partial charge on any atom is -0.313 e. The first-order valence-electron chi connectivity index (χ1n) is 3.62. The molecule has 0 heterocycles. The van der Waals surface area contributed by atoms with Gasteiger partial charge in [0.15, 0.2) is 5.92 Å². The maximum Gasteiger partial charge on any atom is 0.363 e. The lowest BCUT2D eigenvalue weighted by molar-refractivity contribution is -0.616. The summed E-state index contributed by atoms with van der Waals surface area (Å²) in [6, 6.07) is 1.82. The van der Waals surface area contributed by atoms with Crippen LogP contribution in [0.2, 0.25) is 0 Å². The minimum atomic E-state index is -1.72. The van der Waals surface area contributed by atoms with Gasteiger partial charge in [0.1, 0.15) is 0 Å². The molecule has 0 saturated carbocycles. The number of nitriles is 1. The van der Waals surface area contributed by atoms with Crippen LogP contribution in [0.25, 0.3) is 0 Å². The van der Waals surface area contributed by atoms with Crippen molar-refractivity contribution in [2.75, 3.05) is 7.11 Å². The standard InChI is InChI=1S/C8H8N2O3/c1-13-8(10(11)12)5-3-2-4-7(8)6-9/h2-5,7H,1H3. The number of allylic oxidation sites excluding steroid dienone is 2. The third-order valence-electron chi connectivity index (χ3n) is 1.95. The smallest absolute Gasteiger partial charge is 0.313 e. The highest BCUT2D eigenvalue weighted by atomic mass is 16.7. The maximum absolute atomic E-state index is 10.7. The first kappa shape index (κ1) is 9.42. The maximum atomic E-state index is 10.7. The van der Waals surface area contributed by atoms with Gasteiger partial charge in [-0.3, -0.25) is 10.1 Å². The van der Waals surface area contributed by atoms with E-state index in [2.05, 4.69) is 0 Å². The Bertz CT molecular complexity index is 316. The Morgan fingerprint density at radius 3 is 2.77 bits per heavy atom. The number of methoxy groups -OCH3 is 1. The fourth-order valence-corrected chi connectivity index (χ4v) is 1.19. The van der Waals surface area contributed by atoms with Gasteiger partial charge in [-0.2, -0.15) is 5.26 Å². The molecule has 0 spiro atoms. The molecule has 5 heteroatoms. The summed E-state index contributed by atoms with van der Waals surface area (Å²) in [5, 5.41) is 19.4. The SMILES string of the molecule is COC1([N+](=O)[O-])C=CC=CC1C#N. The number of rotatable bonds is 2.